The second kappa shape index (κ2) is 5.56. The lowest BCUT2D eigenvalue weighted by Crippen LogP contribution is -1.87. The van der Waals surface area contributed by atoms with E-state index in [4.69, 9.17) is 11.6 Å². The van der Waals surface area contributed by atoms with Crippen LogP contribution < -0.4 is 0 Å². The van der Waals surface area contributed by atoms with E-state index in [9.17, 15) is 0 Å². The second-order valence-electron chi connectivity index (χ2n) is 4.03. The molecule has 0 aliphatic rings. The first-order valence-corrected chi connectivity index (χ1v) is 5.80. The highest BCUT2D eigenvalue weighted by Gasteiger charge is 2.13. The highest BCUT2D eigenvalue weighted by Crippen LogP contribution is 2.26. The van der Waals surface area contributed by atoms with Crippen LogP contribution in [0.15, 0.2) is 24.3 Å². The van der Waals surface area contributed by atoms with Gasteiger partial charge in [0.2, 0.25) is 0 Å². The molecule has 2 rings (SSSR count). The molecule has 0 saturated heterocycles. The van der Waals surface area contributed by atoms with Crippen molar-refractivity contribution in [1.29, 1.82) is 0 Å². The number of H-pyrrole nitrogens is 1. The van der Waals surface area contributed by atoms with Crippen molar-refractivity contribution in [2.75, 3.05) is 0 Å². The zero-order valence-electron chi connectivity index (χ0n) is 10.1. The molecule has 1 heterocycles. The van der Waals surface area contributed by atoms with E-state index in [1.54, 1.807) is 0 Å². The van der Waals surface area contributed by atoms with Gasteiger partial charge >= 0.3 is 0 Å². The molecule has 2 nitrogen and oxygen atoms in total. The Morgan fingerprint density at radius 1 is 1.24 bits per heavy atom. The lowest BCUT2D eigenvalue weighted by molar-refractivity contribution is 0.998. The zero-order valence-corrected chi connectivity index (χ0v) is 11.7. The number of aryl methyl sites for hydroxylation is 2. The van der Waals surface area contributed by atoms with Crippen LogP contribution in [0.1, 0.15) is 29.3 Å². The van der Waals surface area contributed by atoms with Gasteiger partial charge in [-0.3, -0.25) is 0 Å². The molecule has 4 heteroatoms. The Kier molecular flexibility index (Phi) is 4.61. The first kappa shape index (κ1) is 14.1. The second-order valence-corrected chi connectivity index (χ2v) is 4.68. The smallest absolute Gasteiger partial charge is 0.138 e. The molecule has 92 valence electrons. The normalized spacial score (nSPS) is 12.0. The fourth-order valence-electron chi connectivity index (χ4n) is 1.83. The Hall–Kier alpha value is -0.990. The first-order valence-electron chi connectivity index (χ1n) is 5.36. The topological polar surface area (TPSA) is 28.7 Å². The van der Waals surface area contributed by atoms with Gasteiger partial charge in [0.05, 0.1) is 11.1 Å². The number of aromatic nitrogens is 2. The van der Waals surface area contributed by atoms with E-state index in [1.165, 1.54) is 5.56 Å². The third-order valence-electron chi connectivity index (χ3n) is 2.70. The predicted molar refractivity (Wildman–Crippen MR) is 75.0 cm³/mol. The zero-order chi connectivity index (χ0) is 11.7. The van der Waals surface area contributed by atoms with Gasteiger partial charge in [0.1, 0.15) is 5.82 Å². The average molecular weight is 271 g/mol. The van der Waals surface area contributed by atoms with E-state index in [-0.39, 0.29) is 17.8 Å². The number of imidazole rings is 1. The Labute approximate surface area is 113 Å². The molecule has 1 aromatic carbocycles. The molecule has 0 fully saturated rings. The molecule has 2 aromatic rings. The van der Waals surface area contributed by atoms with Gasteiger partial charge < -0.3 is 4.98 Å². The highest BCUT2D eigenvalue weighted by molar-refractivity contribution is 6.20. The van der Waals surface area contributed by atoms with Crippen molar-refractivity contribution >= 4 is 24.0 Å². The summed E-state index contributed by atoms with van der Waals surface area (Å²) in [6.07, 6.45) is 0. The summed E-state index contributed by atoms with van der Waals surface area (Å²) in [6, 6.07) is 8.19. The third kappa shape index (κ3) is 2.82. The Balaban J connectivity index is 0.00000144. The van der Waals surface area contributed by atoms with Crippen molar-refractivity contribution in [2.24, 2.45) is 0 Å². The van der Waals surface area contributed by atoms with Gasteiger partial charge in [-0.2, -0.15) is 0 Å². The Bertz CT molecular complexity index is 504. The SMILES string of the molecule is Cc1ccccc1-c1nc(C(C)Cl)c(C)[nH]1.Cl. The molecule has 0 radical (unpaired) electrons. The number of nitrogens with zero attached hydrogens (tertiary/aromatic N) is 1. The molecule has 0 amide bonds. The number of hydrogen-bond donors (Lipinski definition) is 1. The number of aromatic amines is 1. The molecule has 0 saturated carbocycles. The molecule has 17 heavy (non-hydrogen) atoms. The summed E-state index contributed by atoms with van der Waals surface area (Å²) in [6.45, 7) is 6.02. The molecule has 1 aromatic heterocycles. The minimum atomic E-state index is -0.0611. The summed E-state index contributed by atoms with van der Waals surface area (Å²) in [5.41, 5.74) is 4.32. The number of halogens is 2. The molecule has 1 unspecified atom stereocenters. The van der Waals surface area contributed by atoms with Crippen molar-refractivity contribution in [2.45, 2.75) is 26.1 Å². The van der Waals surface area contributed by atoms with Crippen LogP contribution in [0.2, 0.25) is 0 Å². The van der Waals surface area contributed by atoms with Gasteiger partial charge in [-0.05, 0) is 26.3 Å². The number of rotatable bonds is 2. The van der Waals surface area contributed by atoms with Crippen LogP contribution in [0.4, 0.5) is 0 Å². The van der Waals surface area contributed by atoms with E-state index in [1.807, 2.05) is 26.0 Å². The standard InChI is InChI=1S/C13H15ClN2.ClH/c1-8-6-4-5-7-11(8)13-15-10(3)12(16-13)9(2)14;/h4-7,9H,1-3H3,(H,15,16);1H. The average Bonchev–Trinajstić information content (AvgIpc) is 2.61. The summed E-state index contributed by atoms with van der Waals surface area (Å²) in [5, 5.41) is -0.0611. The van der Waals surface area contributed by atoms with E-state index >= 15 is 0 Å². The maximum atomic E-state index is 6.07. The molecule has 1 atom stereocenters. The van der Waals surface area contributed by atoms with E-state index in [2.05, 4.69) is 29.0 Å². The maximum Gasteiger partial charge on any atom is 0.138 e. The summed E-state index contributed by atoms with van der Waals surface area (Å²) >= 11 is 6.07. The van der Waals surface area contributed by atoms with Crippen LogP contribution in [0.5, 0.6) is 0 Å². The third-order valence-corrected chi connectivity index (χ3v) is 2.91. The van der Waals surface area contributed by atoms with Gasteiger partial charge in [-0.25, -0.2) is 4.98 Å². The lowest BCUT2D eigenvalue weighted by atomic mass is 10.1. The number of benzene rings is 1. The summed E-state index contributed by atoms with van der Waals surface area (Å²) in [4.78, 5) is 7.84. The van der Waals surface area contributed by atoms with Crippen molar-refractivity contribution in [3.8, 4) is 11.4 Å². The van der Waals surface area contributed by atoms with Gasteiger partial charge in [0, 0.05) is 11.3 Å². The molecule has 0 bridgehead atoms. The molecular formula is C13H16Cl2N2. The van der Waals surface area contributed by atoms with E-state index in [0.29, 0.717) is 0 Å². The molecule has 1 N–H and O–H groups in total. The van der Waals surface area contributed by atoms with Gasteiger partial charge in [0.25, 0.3) is 0 Å². The monoisotopic (exact) mass is 270 g/mol. The highest BCUT2D eigenvalue weighted by atomic mass is 35.5. The maximum absolute atomic E-state index is 6.07. The fraction of sp³-hybridized carbons (Fsp3) is 0.308. The number of nitrogens with one attached hydrogen (secondary N) is 1. The summed E-state index contributed by atoms with van der Waals surface area (Å²) in [7, 11) is 0. The summed E-state index contributed by atoms with van der Waals surface area (Å²) < 4.78 is 0. The quantitative estimate of drug-likeness (QED) is 0.805. The number of alkyl halides is 1. The van der Waals surface area contributed by atoms with Gasteiger partial charge in [-0.15, -0.1) is 24.0 Å². The minimum Gasteiger partial charge on any atom is -0.342 e. The largest absolute Gasteiger partial charge is 0.342 e. The first-order chi connectivity index (χ1) is 7.59. The predicted octanol–water partition coefficient (Wildman–Crippen LogP) is 4.42. The molecule has 0 aliphatic carbocycles. The minimum absolute atomic E-state index is 0. The van der Waals surface area contributed by atoms with Crippen molar-refractivity contribution in [3.05, 3.63) is 41.2 Å². The molecular weight excluding hydrogens is 255 g/mol. The summed E-state index contributed by atoms with van der Waals surface area (Å²) in [5.74, 6) is 0.901. The van der Waals surface area contributed by atoms with Crippen LogP contribution in [0.25, 0.3) is 11.4 Å². The van der Waals surface area contributed by atoms with Crippen molar-refractivity contribution < 1.29 is 0 Å². The fourth-order valence-corrected chi connectivity index (χ4v) is 2.04. The van der Waals surface area contributed by atoms with E-state index in [0.717, 1.165) is 22.8 Å². The van der Waals surface area contributed by atoms with Crippen LogP contribution in [0, 0.1) is 13.8 Å². The van der Waals surface area contributed by atoms with Crippen LogP contribution in [-0.2, 0) is 0 Å². The molecule has 0 spiro atoms. The van der Waals surface area contributed by atoms with Gasteiger partial charge in [0.15, 0.2) is 0 Å². The van der Waals surface area contributed by atoms with Crippen LogP contribution >= 0.6 is 24.0 Å². The van der Waals surface area contributed by atoms with Crippen LogP contribution in [0.3, 0.4) is 0 Å². The molecule has 0 aliphatic heterocycles. The van der Waals surface area contributed by atoms with Crippen LogP contribution in [-0.4, -0.2) is 9.97 Å². The Morgan fingerprint density at radius 2 is 1.88 bits per heavy atom. The lowest BCUT2D eigenvalue weighted by Gasteiger charge is -2.00. The van der Waals surface area contributed by atoms with E-state index < -0.39 is 0 Å². The Morgan fingerprint density at radius 3 is 2.41 bits per heavy atom. The van der Waals surface area contributed by atoms with Crippen molar-refractivity contribution in [1.82, 2.24) is 9.97 Å². The van der Waals surface area contributed by atoms with Gasteiger partial charge in [-0.1, -0.05) is 24.3 Å². The van der Waals surface area contributed by atoms with Crippen molar-refractivity contribution in [3.63, 3.8) is 0 Å². The number of hydrogen-bond acceptors (Lipinski definition) is 1.